The maximum Gasteiger partial charge on any atom is 0.240 e. The van der Waals surface area contributed by atoms with Gasteiger partial charge in [-0.15, -0.1) is 0 Å². The predicted octanol–water partition coefficient (Wildman–Crippen LogP) is 2.45. The van der Waals surface area contributed by atoms with Gasteiger partial charge >= 0.3 is 0 Å². The summed E-state index contributed by atoms with van der Waals surface area (Å²) in [6, 6.07) is 8.58. The van der Waals surface area contributed by atoms with E-state index in [1.54, 1.807) is 0 Å². The van der Waals surface area contributed by atoms with Gasteiger partial charge in [-0.05, 0) is 36.9 Å². The van der Waals surface area contributed by atoms with E-state index in [0.29, 0.717) is 18.4 Å². The summed E-state index contributed by atoms with van der Waals surface area (Å²) in [5, 5.41) is 7.41. The number of rotatable bonds is 5. The molecule has 0 amide bonds. The standard InChI is InChI=1S/C15H19N3O/c1-2-7-16-10-14-17-15(18-19-14)13-8-11-5-3-4-6-12(11)9-13/h3-6,13,16H,2,7-10H2,1H3. The molecule has 4 nitrogen and oxygen atoms in total. The lowest BCUT2D eigenvalue weighted by atomic mass is 10.1. The second-order valence-electron chi connectivity index (χ2n) is 5.10. The molecule has 1 aliphatic rings. The minimum Gasteiger partial charge on any atom is -0.338 e. The molecule has 100 valence electrons. The van der Waals surface area contributed by atoms with E-state index < -0.39 is 0 Å². The lowest BCUT2D eigenvalue weighted by molar-refractivity contribution is 0.360. The van der Waals surface area contributed by atoms with Crippen molar-refractivity contribution in [1.82, 2.24) is 15.5 Å². The van der Waals surface area contributed by atoms with Gasteiger partial charge in [-0.2, -0.15) is 4.98 Å². The summed E-state index contributed by atoms with van der Waals surface area (Å²) in [4.78, 5) is 4.51. The van der Waals surface area contributed by atoms with Crippen molar-refractivity contribution in [1.29, 1.82) is 0 Å². The first-order valence-corrected chi connectivity index (χ1v) is 6.96. The molecular formula is C15H19N3O. The average molecular weight is 257 g/mol. The van der Waals surface area contributed by atoms with Crippen molar-refractivity contribution in [3.05, 3.63) is 47.1 Å². The van der Waals surface area contributed by atoms with E-state index in [2.05, 4.69) is 46.6 Å². The van der Waals surface area contributed by atoms with Gasteiger partial charge in [0.15, 0.2) is 5.82 Å². The van der Waals surface area contributed by atoms with Crippen LogP contribution in [0.15, 0.2) is 28.8 Å². The van der Waals surface area contributed by atoms with Crippen LogP contribution in [0.2, 0.25) is 0 Å². The highest BCUT2D eigenvalue weighted by Gasteiger charge is 2.26. The number of aromatic nitrogens is 2. The predicted molar refractivity (Wildman–Crippen MR) is 72.9 cm³/mol. The number of benzene rings is 1. The number of hydrogen-bond acceptors (Lipinski definition) is 4. The summed E-state index contributed by atoms with van der Waals surface area (Å²) < 4.78 is 5.30. The van der Waals surface area contributed by atoms with E-state index in [0.717, 1.165) is 31.6 Å². The molecule has 0 saturated carbocycles. The van der Waals surface area contributed by atoms with Gasteiger partial charge in [-0.25, -0.2) is 0 Å². The summed E-state index contributed by atoms with van der Waals surface area (Å²) in [5.41, 5.74) is 2.84. The normalized spacial score (nSPS) is 14.8. The SMILES string of the molecule is CCCNCc1nc(C2Cc3ccccc3C2)no1. The minimum atomic E-state index is 0.376. The van der Waals surface area contributed by atoms with Crippen LogP contribution in [-0.4, -0.2) is 16.7 Å². The van der Waals surface area contributed by atoms with Crippen LogP contribution < -0.4 is 5.32 Å². The van der Waals surface area contributed by atoms with Gasteiger partial charge in [0.25, 0.3) is 0 Å². The van der Waals surface area contributed by atoms with Crippen molar-refractivity contribution in [3.63, 3.8) is 0 Å². The van der Waals surface area contributed by atoms with E-state index in [1.165, 1.54) is 11.1 Å². The van der Waals surface area contributed by atoms with E-state index >= 15 is 0 Å². The van der Waals surface area contributed by atoms with Crippen LogP contribution >= 0.6 is 0 Å². The Bertz CT molecular complexity index is 525. The Kier molecular flexibility index (Phi) is 3.60. The largest absolute Gasteiger partial charge is 0.338 e. The van der Waals surface area contributed by atoms with E-state index in [-0.39, 0.29) is 0 Å². The maximum atomic E-state index is 5.30. The van der Waals surface area contributed by atoms with Crippen LogP contribution in [0.3, 0.4) is 0 Å². The Morgan fingerprint density at radius 3 is 2.68 bits per heavy atom. The summed E-state index contributed by atoms with van der Waals surface area (Å²) in [6.45, 7) is 3.79. The fourth-order valence-electron chi connectivity index (χ4n) is 2.62. The summed E-state index contributed by atoms with van der Waals surface area (Å²) in [6.07, 6.45) is 3.16. The first-order valence-electron chi connectivity index (χ1n) is 6.96. The van der Waals surface area contributed by atoms with Crippen molar-refractivity contribution in [2.75, 3.05) is 6.54 Å². The molecule has 3 rings (SSSR count). The highest BCUT2D eigenvalue weighted by atomic mass is 16.5. The van der Waals surface area contributed by atoms with Crippen LogP contribution in [0.5, 0.6) is 0 Å². The van der Waals surface area contributed by atoms with Gasteiger partial charge in [0.2, 0.25) is 5.89 Å². The molecule has 0 fully saturated rings. The first kappa shape index (κ1) is 12.4. The van der Waals surface area contributed by atoms with E-state index in [9.17, 15) is 0 Å². The minimum absolute atomic E-state index is 0.376. The first-order chi connectivity index (χ1) is 9.36. The molecule has 19 heavy (non-hydrogen) atoms. The Morgan fingerprint density at radius 2 is 2.00 bits per heavy atom. The number of nitrogens with one attached hydrogen (secondary N) is 1. The molecule has 2 aromatic rings. The molecule has 1 aromatic carbocycles. The van der Waals surface area contributed by atoms with Crippen molar-refractivity contribution in [2.24, 2.45) is 0 Å². The fraction of sp³-hybridized carbons (Fsp3) is 0.467. The molecule has 1 N–H and O–H groups in total. The zero-order valence-electron chi connectivity index (χ0n) is 11.2. The van der Waals surface area contributed by atoms with Crippen molar-refractivity contribution in [3.8, 4) is 0 Å². The van der Waals surface area contributed by atoms with E-state index in [1.807, 2.05) is 0 Å². The maximum absolute atomic E-state index is 5.30. The molecule has 0 radical (unpaired) electrons. The smallest absolute Gasteiger partial charge is 0.240 e. The molecule has 0 atom stereocenters. The van der Waals surface area contributed by atoms with Gasteiger partial charge in [0.05, 0.1) is 6.54 Å². The lowest BCUT2D eigenvalue weighted by Crippen LogP contribution is -2.14. The third-order valence-electron chi connectivity index (χ3n) is 3.60. The molecule has 0 aliphatic heterocycles. The molecular weight excluding hydrogens is 238 g/mol. The van der Waals surface area contributed by atoms with Crippen LogP contribution in [-0.2, 0) is 19.4 Å². The Labute approximate surface area is 113 Å². The van der Waals surface area contributed by atoms with Gasteiger partial charge in [0, 0.05) is 5.92 Å². The zero-order chi connectivity index (χ0) is 13.1. The molecule has 4 heteroatoms. The van der Waals surface area contributed by atoms with Crippen LogP contribution in [0, 0.1) is 0 Å². The third kappa shape index (κ3) is 2.68. The van der Waals surface area contributed by atoms with Gasteiger partial charge < -0.3 is 9.84 Å². The summed E-state index contributed by atoms with van der Waals surface area (Å²) in [5.74, 6) is 1.92. The van der Waals surface area contributed by atoms with Gasteiger partial charge in [-0.1, -0.05) is 36.3 Å². The molecule has 1 heterocycles. The van der Waals surface area contributed by atoms with Gasteiger partial charge in [-0.3, -0.25) is 0 Å². The van der Waals surface area contributed by atoms with Crippen LogP contribution in [0.4, 0.5) is 0 Å². The molecule has 0 spiro atoms. The van der Waals surface area contributed by atoms with Crippen molar-refractivity contribution >= 4 is 0 Å². The topological polar surface area (TPSA) is 51.0 Å². The quantitative estimate of drug-likeness (QED) is 0.836. The van der Waals surface area contributed by atoms with Crippen molar-refractivity contribution < 1.29 is 4.52 Å². The van der Waals surface area contributed by atoms with Crippen molar-refractivity contribution in [2.45, 2.75) is 38.6 Å². The third-order valence-corrected chi connectivity index (χ3v) is 3.60. The molecule has 0 saturated heterocycles. The molecule has 1 aliphatic carbocycles. The molecule has 0 unspecified atom stereocenters. The molecule has 1 aromatic heterocycles. The zero-order valence-corrected chi connectivity index (χ0v) is 11.2. The monoisotopic (exact) mass is 257 g/mol. The van der Waals surface area contributed by atoms with Crippen LogP contribution in [0.25, 0.3) is 0 Å². The Balaban J connectivity index is 1.65. The number of fused-ring (bicyclic) bond motifs is 1. The second kappa shape index (κ2) is 5.53. The number of nitrogens with zero attached hydrogens (tertiary/aromatic N) is 2. The highest BCUT2D eigenvalue weighted by molar-refractivity contribution is 5.34. The second-order valence-corrected chi connectivity index (χ2v) is 5.10. The highest BCUT2D eigenvalue weighted by Crippen LogP contribution is 2.32. The number of hydrogen-bond donors (Lipinski definition) is 1. The summed E-state index contributed by atoms with van der Waals surface area (Å²) in [7, 11) is 0. The van der Waals surface area contributed by atoms with E-state index in [4.69, 9.17) is 4.52 Å². The average Bonchev–Trinajstić information content (AvgIpc) is 3.04. The lowest BCUT2D eigenvalue weighted by Gasteiger charge is -2.00. The Hall–Kier alpha value is -1.68. The fourth-order valence-corrected chi connectivity index (χ4v) is 2.62. The summed E-state index contributed by atoms with van der Waals surface area (Å²) >= 11 is 0. The Morgan fingerprint density at radius 1 is 1.26 bits per heavy atom. The van der Waals surface area contributed by atoms with Crippen LogP contribution in [0.1, 0.15) is 42.1 Å². The van der Waals surface area contributed by atoms with Gasteiger partial charge in [0.1, 0.15) is 0 Å². The molecule has 0 bridgehead atoms.